The molecule has 0 aromatic heterocycles. The van der Waals surface area contributed by atoms with Gasteiger partial charge in [-0.3, -0.25) is 9.59 Å². The maximum absolute atomic E-state index is 13.0. The molecule has 1 unspecified atom stereocenters. The molecule has 0 heterocycles. The van der Waals surface area contributed by atoms with Crippen LogP contribution in [0.2, 0.25) is 5.02 Å². The van der Waals surface area contributed by atoms with Gasteiger partial charge in [0.05, 0.1) is 7.11 Å². The van der Waals surface area contributed by atoms with Crippen LogP contribution in [0.25, 0.3) is 0 Å². The summed E-state index contributed by atoms with van der Waals surface area (Å²) in [5.74, 6) is 0.681. The molecule has 1 N–H and O–H groups in total. The molecular formula is C23H29ClN2O4. The summed E-state index contributed by atoms with van der Waals surface area (Å²) in [4.78, 5) is 27.2. The van der Waals surface area contributed by atoms with Gasteiger partial charge in [0.15, 0.2) is 6.61 Å². The summed E-state index contributed by atoms with van der Waals surface area (Å²) < 4.78 is 10.8. The largest absolute Gasteiger partial charge is 0.497 e. The van der Waals surface area contributed by atoms with Crippen molar-refractivity contribution < 1.29 is 19.1 Å². The first kappa shape index (κ1) is 23.5. The van der Waals surface area contributed by atoms with Crippen LogP contribution in [0.5, 0.6) is 11.5 Å². The van der Waals surface area contributed by atoms with Gasteiger partial charge in [0.1, 0.15) is 17.5 Å². The van der Waals surface area contributed by atoms with E-state index in [1.54, 1.807) is 38.3 Å². The minimum atomic E-state index is -0.679. The van der Waals surface area contributed by atoms with E-state index >= 15 is 0 Å². The van der Waals surface area contributed by atoms with Gasteiger partial charge in [-0.15, -0.1) is 0 Å². The number of hydrogen-bond acceptors (Lipinski definition) is 4. The van der Waals surface area contributed by atoms with E-state index < -0.39 is 11.6 Å². The molecule has 162 valence electrons. The summed E-state index contributed by atoms with van der Waals surface area (Å²) in [6.45, 7) is 7.46. The summed E-state index contributed by atoms with van der Waals surface area (Å²) in [5, 5.41) is 3.45. The van der Waals surface area contributed by atoms with Gasteiger partial charge in [-0.2, -0.15) is 0 Å². The number of halogens is 1. The van der Waals surface area contributed by atoms with Crippen LogP contribution in [0.4, 0.5) is 0 Å². The van der Waals surface area contributed by atoms with Crippen molar-refractivity contribution in [3.05, 3.63) is 59.1 Å². The third kappa shape index (κ3) is 7.26. The Kier molecular flexibility index (Phi) is 8.12. The molecule has 2 aromatic rings. The van der Waals surface area contributed by atoms with Crippen LogP contribution in [-0.2, 0) is 16.1 Å². The topological polar surface area (TPSA) is 67.9 Å². The molecule has 1 atom stereocenters. The molecule has 2 rings (SSSR count). The number of methoxy groups -OCH3 is 1. The normalized spacial score (nSPS) is 12.1. The maximum Gasteiger partial charge on any atom is 0.261 e. The molecule has 2 amide bonds. The third-order valence-electron chi connectivity index (χ3n) is 4.34. The summed E-state index contributed by atoms with van der Waals surface area (Å²) >= 11 is 5.97. The zero-order valence-electron chi connectivity index (χ0n) is 18.1. The summed E-state index contributed by atoms with van der Waals surface area (Å²) in [6.07, 6.45) is 0. The smallest absolute Gasteiger partial charge is 0.261 e. The zero-order valence-corrected chi connectivity index (χ0v) is 18.8. The van der Waals surface area contributed by atoms with Gasteiger partial charge >= 0.3 is 0 Å². The zero-order chi connectivity index (χ0) is 22.3. The van der Waals surface area contributed by atoms with Gasteiger partial charge in [-0.1, -0.05) is 29.8 Å². The van der Waals surface area contributed by atoms with Crippen LogP contribution in [0.1, 0.15) is 33.3 Å². The quantitative estimate of drug-likeness (QED) is 0.683. The first-order chi connectivity index (χ1) is 14.1. The van der Waals surface area contributed by atoms with Crippen molar-refractivity contribution in [2.45, 2.75) is 45.8 Å². The second-order valence-corrected chi connectivity index (χ2v) is 8.47. The lowest BCUT2D eigenvalue weighted by Gasteiger charge is -2.31. The fourth-order valence-electron chi connectivity index (χ4n) is 2.77. The molecule has 0 aliphatic carbocycles. The Bertz CT molecular complexity index is 862. The van der Waals surface area contributed by atoms with E-state index in [0.717, 1.165) is 11.3 Å². The van der Waals surface area contributed by atoms with Gasteiger partial charge in [0, 0.05) is 17.1 Å². The number of benzene rings is 2. The number of nitrogens with zero attached hydrogens (tertiary/aromatic N) is 1. The predicted octanol–water partition coefficient (Wildman–Crippen LogP) is 4.06. The van der Waals surface area contributed by atoms with Gasteiger partial charge < -0.3 is 19.7 Å². The fraction of sp³-hybridized carbons (Fsp3) is 0.391. The molecule has 0 aliphatic rings. The standard InChI is InChI=1S/C23H29ClN2O4/c1-16(22(28)25-23(2,3)4)26(14-17-9-11-19(29-5)12-10-17)21(27)15-30-20-8-6-7-18(24)13-20/h6-13,16H,14-15H2,1-5H3,(H,25,28). The van der Waals surface area contributed by atoms with Crippen LogP contribution >= 0.6 is 11.6 Å². The summed E-state index contributed by atoms with van der Waals surface area (Å²) in [6, 6.07) is 13.5. The SMILES string of the molecule is COc1ccc(CN(C(=O)COc2cccc(Cl)c2)C(C)C(=O)NC(C)(C)C)cc1. The maximum atomic E-state index is 13.0. The molecule has 0 fully saturated rings. The Balaban J connectivity index is 2.17. The lowest BCUT2D eigenvalue weighted by atomic mass is 10.1. The minimum Gasteiger partial charge on any atom is -0.497 e. The highest BCUT2D eigenvalue weighted by Crippen LogP contribution is 2.18. The highest BCUT2D eigenvalue weighted by Gasteiger charge is 2.28. The Morgan fingerprint density at radius 2 is 1.77 bits per heavy atom. The van der Waals surface area contributed by atoms with Crippen molar-refractivity contribution in [2.75, 3.05) is 13.7 Å². The number of hydrogen-bond donors (Lipinski definition) is 1. The lowest BCUT2D eigenvalue weighted by molar-refractivity contribution is -0.142. The Labute approximate surface area is 183 Å². The number of amides is 2. The first-order valence-electron chi connectivity index (χ1n) is 9.72. The number of rotatable bonds is 8. The van der Waals surface area contributed by atoms with Crippen LogP contribution in [0, 0.1) is 0 Å². The van der Waals surface area contributed by atoms with Crippen molar-refractivity contribution in [1.29, 1.82) is 0 Å². The molecule has 0 aliphatic heterocycles. The van der Waals surface area contributed by atoms with E-state index in [0.29, 0.717) is 10.8 Å². The highest BCUT2D eigenvalue weighted by molar-refractivity contribution is 6.30. The van der Waals surface area contributed by atoms with Crippen LogP contribution in [0.3, 0.4) is 0 Å². The van der Waals surface area contributed by atoms with Crippen LogP contribution in [-0.4, -0.2) is 42.0 Å². The lowest BCUT2D eigenvalue weighted by Crippen LogP contribution is -2.53. The summed E-state index contributed by atoms with van der Waals surface area (Å²) in [7, 11) is 1.59. The molecule has 0 saturated carbocycles. The molecule has 30 heavy (non-hydrogen) atoms. The highest BCUT2D eigenvalue weighted by atomic mass is 35.5. The van der Waals surface area contributed by atoms with Gasteiger partial charge in [0.25, 0.3) is 5.91 Å². The molecule has 0 radical (unpaired) electrons. The monoisotopic (exact) mass is 432 g/mol. The van der Waals surface area contributed by atoms with Crippen LogP contribution in [0.15, 0.2) is 48.5 Å². The first-order valence-corrected chi connectivity index (χ1v) is 10.1. The van der Waals surface area contributed by atoms with E-state index in [4.69, 9.17) is 21.1 Å². The Morgan fingerprint density at radius 3 is 2.33 bits per heavy atom. The molecule has 0 saturated heterocycles. The number of ether oxygens (including phenoxy) is 2. The van der Waals surface area contributed by atoms with Gasteiger partial charge in [0.2, 0.25) is 5.91 Å². The summed E-state index contributed by atoms with van der Waals surface area (Å²) in [5.41, 5.74) is 0.472. The second kappa shape index (κ2) is 10.3. The van der Waals surface area contributed by atoms with Crippen molar-refractivity contribution in [2.24, 2.45) is 0 Å². The minimum absolute atomic E-state index is 0.205. The molecular weight excluding hydrogens is 404 g/mol. The van der Waals surface area contributed by atoms with Crippen molar-refractivity contribution in [1.82, 2.24) is 10.2 Å². The predicted molar refractivity (Wildman–Crippen MR) is 118 cm³/mol. The van der Waals surface area contributed by atoms with Crippen molar-refractivity contribution >= 4 is 23.4 Å². The van der Waals surface area contributed by atoms with Crippen LogP contribution < -0.4 is 14.8 Å². The Hall–Kier alpha value is -2.73. The van der Waals surface area contributed by atoms with E-state index in [9.17, 15) is 9.59 Å². The number of nitrogens with one attached hydrogen (secondary N) is 1. The van der Waals surface area contributed by atoms with Crippen molar-refractivity contribution in [3.63, 3.8) is 0 Å². The molecule has 0 bridgehead atoms. The molecule has 2 aromatic carbocycles. The number of carbonyl (C=O) groups excluding carboxylic acids is 2. The second-order valence-electron chi connectivity index (χ2n) is 8.03. The van der Waals surface area contributed by atoms with Gasteiger partial charge in [-0.05, 0) is 63.6 Å². The van der Waals surface area contributed by atoms with E-state index in [1.807, 2.05) is 45.0 Å². The van der Waals surface area contributed by atoms with E-state index in [2.05, 4.69) is 5.32 Å². The van der Waals surface area contributed by atoms with Crippen molar-refractivity contribution in [3.8, 4) is 11.5 Å². The molecule has 6 nitrogen and oxygen atoms in total. The average molecular weight is 433 g/mol. The molecule has 7 heteroatoms. The van der Waals surface area contributed by atoms with E-state index in [1.165, 1.54) is 4.90 Å². The fourth-order valence-corrected chi connectivity index (χ4v) is 2.95. The Morgan fingerprint density at radius 1 is 1.10 bits per heavy atom. The molecule has 0 spiro atoms. The average Bonchev–Trinajstić information content (AvgIpc) is 2.69. The third-order valence-corrected chi connectivity index (χ3v) is 4.57. The van der Waals surface area contributed by atoms with Gasteiger partial charge in [-0.25, -0.2) is 0 Å². The van der Waals surface area contributed by atoms with E-state index in [-0.39, 0.29) is 25.0 Å². The number of carbonyl (C=O) groups is 2.